The van der Waals surface area contributed by atoms with Crippen LogP contribution in [0.4, 0.5) is 13.2 Å². The molecule has 0 amide bonds. The zero-order chi connectivity index (χ0) is 14.8. The second-order valence-electron chi connectivity index (χ2n) is 4.95. The van der Waals surface area contributed by atoms with Crippen LogP contribution in [0.15, 0.2) is 36.4 Å². The number of hydrogen-bond donors (Lipinski definition) is 1. The molecule has 0 heterocycles. The quantitative estimate of drug-likeness (QED) is 0.852. The van der Waals surface area contributed by atoms with Crippen molar-refractivity contribution in [3.05, 3.63) is 47.5 Å². The summed E-state index contributed by atoms with van der Waals surface area (Å²) in [6, 6.07) is 10.6. The summed E-state index contributed by atoms with van der Waals surface area (Å²) in [4.78, 5) is 0. The van der Waals surface area contributed by atoms with Crippen LogP contribution in [0.2, 0.25) is 0 Å². The Labute approximate surface area is 116 Å². The number of nitrogens with one attached hydrogen (secondary N) is 1. The third-order valence-electron chi connectivity index (χ3n) is 3.44. The lowest BCUT2D eigenvalue weighted by Crippen LogP contribution is -2.26. The third-order valence-corrected chi connectivity index (χ3v) is 3.44. The fourth-order valence-corrected chi connectivity index (χ4v) is 2.55. The van der Waals surface area contributed by atoms with Gasteiger partial charge in [0.1, 0.15) is 0 Å². The molecule has 1 unspecified atom stereocenters. The molecule has 0 bridgehead atoms. The van der Waals surface area contributed by atoms with Gasteiger partial charge in [0.2, 0.25) is 0 Å². The minimum Gasteiger partial charge on any atom is -0.310 e. The highest BCUT2D eigenvalue weighted by Gasteiger charge is 2.32. The fourth-order valence-electron chi connectivity index (χ4n) is 2.55. The molecule has 1 N–H and O–H groups in total. The van der Waals surface area contributed by atoms with Crippen molar-refractivity contribution in [2.45, 2.75) is 32.5 Å². The van der Waals surface area contributed by atoms with E-state index < -0.39 is 18.6 Å². The lowest BCUT2D eigenvalue weighted by molar-refractivity contribution is -0.140. The summed E-state index contributed by atoms with van der Waals surface area (Å²) in [5.74, 6) is 0. The number of alkyl halides is 3. The molecule has 0 saturated heterocycles. The first kappa shape index (κ1) is 14.9. The van der Waals surface area contributed by atoms with Crippen molar-refractivity contribution < 1.29 is 13.2 Å². The number of benzene rings is 2. The Morgan fingerprint density at radius 2 is 1.70 bits per heavy atom. The SMILES string of the molecule is CCNC(CC(F)(F)F)c1ccc(C)c2ccccc12. The molecule has 2 aromatic rings. The first-order valence-electron chi connectivity index (χ1n) is 6.70. The van der Waals surface area contributed by atoms with E-state index in [0.717, 1.165) is 16.3 Å². The van der Waals surface area contributed by atoms with Gasteiger partial charge < -0.3 is 5.32 Å². The van der Waals surface area contributed by atoms with E-state index in [4.69, 9.17) is 0 Å². The molecule has 0 aliphatic carbocycles. The van der Waals surface area contributed by atoms with E-state index in [9.17, 15) is 13.2 Å². The first-order chi connectivity index (χ1) is 9.42. The average Bonchev–Trinajstić information content (AvgIpc) is 2.37. The molecule has 0 saturated carbocycles. The van der Waals surface area contributed by atoms with Gasteiger partial charge in [-0.25, -0.2) is 0 Å². The van der Waals surface area contributed by atoms with Crippen LogP contribution in [0.25, 0.3) is 10.8 Å². The fraction of sp³-hybridized carbons (Fsp3) is 0.375. The molecular weight excluding hydrogens is 263 g/mol. The lowest BCUT2D eigenvalue weighted by Gasteiger charge is -2.22. The summed E-state index contributed by atoms with van der Waals surface area (Å²) >= 11 is 0. The Kier molecular flexibility index (Phi) is 4.33. The number of aryl methyl sites for hydroxylation is 1. The summed E-state index contributed by atoms with van der Waals surface area (Å²) in [6.07, 6.45) is -5.03. The van der Waals surface area contributed by atoms with E-state index >= 15 is 0 Å². The number of hydrogen-bond acceptors (Lipinski definition) is 1. The zero-order valence-corrected chi connectivity index (χ0v) is 11.6. The zero-order valence-electron chi connectivity index (χ0n) is 11.6. The molecule has 0 aliphatic heterocycles. The molecule has 20 heavy (non-hydrogen) atoms. The van der Waals surface area contributed by atoms with Gasteiger partial charge in [0.25, 0.3) is 0 Å². The third kappa shape index (κ3) is 3.31. The van der Waals surface area contributed by atoms with Crippen LogP contribution >= 0.6 is 0 Å². The molecule has 0 fully saturated rings. The summed E-state index contributed by atoms with van der Waals surface area (Å²) in [5, 5.41) is 4.85. The van der Waals surface area contributed by atoms with Crippen LogP contribution in [0, 0.1) is 6.92 Å². The Morgan fingerprint density at radius 3 is 2.30 bits per heavy atom. The smallest absolute Gasteiger partial charge is 0.310 e. The van der Waals surface area contributed by atoms with Gasteiger partial charge >= 0.3 is 6.18 Å². The van der Waals surface area contributed by atoms with Gasteiger partial charge in [0.05, 0.1) is 6.42 Å². The molecule has 0 aliphatic rings. The monoisotopic (exact) mass is 281 g/mol. The Balaban J connectivity index is 2.51. The standard InChI is InChI=1S/C16H18F3N/c1-3-20-15(10-16(17,18)19)14-9-8-11(2)12-6-4-5-7-13(12)14/h4-9,15,20H,3,10H2,1-2H3. The van der Waals surface area contributed by atoms with E-state index in [-0.39, 0.29) is 0 Å². The molecule has 0 aromatic heterocycles. The van der Waals surface area contributed by atoms with Crippen LogP contribution in [-0.4, -0.2) is 12.7 Å². The van der Waals surface area contributed by atoms with Crippen molar-refractivity contribution in [3.63, 3.8) is 0 Å². The summed E-state index contributed by atoms with van der Waals surface area (Å²) in [7, 11) is 0. The van der Waals surface area contributed by atoms with Crippen LogP contribution in [0.5, 0.6) is 0 Å². The van der Waals surface area contributed by atoms with Gasteiger partial charge in [-0.15, -0.1) is 0 Å². The van der Waals surface area contributed by atoms with Crippen LogP contribution in [-0.2, 0) is 0 Å². The summed E-state index contributed by atoms with van der Waals surface area (Å²) in [6.45, 7) is 4.29. The molecule has 0 radical (unpaired) electrons. The minimum atomic E-state index is -4.18. The predicted molar refractivity (Wildman–Crippen MR) is 75.8 cm³/mol. The largest absolute Gasteiger partial charge is 0.390 e. The second-order valence-corrected chi connectivity index (χ2v) is 4.95. The highest BCUT2D eigenvalue weighted by atomic mass is 19.4. The Morgan fingerprint density at radius 1 is 1.05 bits per heavy atom. The molecule has 1 atom stereocenters. The van der Waals surface area contributed by atoms with E-state index in [1.54, 1.807) is 6.07 Å². The maximum absolute atomic E-state index is 12.8. The van der Waals surface area contributed by atoms with Crippen molar-refractivity contribution in [1.82, 2.24) is 5.32 Å². The summed E-state index contributed by atoms with van der Waals surface area (Å²) in [5.41, 5.74) is 1.79. The van der Waals surface area contributed by atoms with Crippen molar-refractivity contribution in [3.8, 4) is 0 Å². The van der Waals surface area contributed by atoms with Crippen molar-refractivity contribution >= 4 is 10.8 Å². The Bertz CT molecular complexity index is 590. The minimum absolute atomic E-state index is 0.503. The van der Waals surface area contributed by atoms with Gasteiger partial charge in [0, 0.05) is 6.04 Å². The molecular formula is C16H18F3N. The number of rotatable bonds is 4. The van der Waals surface area contributed by atoms with Crippen LogP contribution in [0.1, 0.15) is 30.5 Å². The van der Waals surface area contributed by atoms with Crippen molar-refractivity contribution in [2.75, 3.05) is 6.54 Å². The highest BCUT2D eigenvalue weighted by molar-refractivity contribution is 5.88. The predicted octanol–water partition coefficient (Wildman–Crippen LogP) is 4.75. The van der Waals surface area contributed by atoms with Gasteiger partial charge in [-0.2, -0.15) is 13.2 Å². The topological polar surface area (TPSA) is 12.0 Å². The maximum Gasteiger partial charge on any atom is 0.390 e. The second kappa shape index (κ2) is 5.83. The van der Waals surface area contributed by atoms with E-state index in [0.29, 0.717) is 12.1 Å². The number of fused-ring (bicyclic) bond motifs is 1. The Hall–Kier alpha value is -1.55. The number of halogens is 3. The van der Waals surface area contributed by atoms with Gasteiger partial charge in [0.15, 0.2) is 0 Å². The molecule has 4 heteroatoms. The highest BCUT2D eigenvalue weighted by Crippen LogP contribution is 2.34. The van der Waals surface area contributed by atoms with E-state index in [2.05, 4.69) is 5.32 Å². The first-order valence-corrected chi connectivity index (χ1v) is 6.70. The average molecular weight is 281 g/mol. The molecule has 0 spiro atoms. The molecule has 2 aromatic carbocycles. The summed E-state index contributed by atoms with van der Waals surface area (Å²) < 4.78 is 38.3. The molecule has 108 valence electrons. The van der Waals surface area contributed by atoms with Crippen LogP contribution in [0.3, 0.4) is 0 Å². The molecule has 1 nitrogen and oxygen atoms in total. The van der Waals surface area contributed by atoms with E-state index in [1.807, 2.05) is 44.2 Å². The van der Waals surface area contributed by atoms with Gasteiger partial charge in [-0.3, -0.25) is 0 Å². The lowest BCUT2D eigenvalue weighted by atomic mass is 9.94. The maximum atomic E-state index is 12.8. The van der Waals surface area contributed by atoms with Gasteiger partial charge in [-0.05, 0) is 35.4 Å². The van der Waals surface area contributed by atoms with Crippen LogP contribution < -0.4 is 5.32 Å². The van der Waals surface area contributed by atoms with Crippen molar-refractivity contribution in [2.24, 2.45) is 0 Å². The van der Waals surface area contributed by atoms with Gasteiger partial charge in [-0.1, -0.05) is 43.3 Å². The normalized spacial score (nSPS) is 13.7. The van der Waals surface area contributed by atoms with Crippen molar-refractivity contribution in [1.29, 1.82) is 0 Å². The molecule has 2 rings (SSSR count). The van der Waals surface area contributed by atoms with E-state index in [1.165, 1.54) is 0 Å².